The van der Waals surface area contributed by atoms with Crippen molar-refractivity contribution in [3.63, 3.8) is 0 Å². The van der Waals surface area contributed by atoms with E-state index in [0.29, 0.717) is 5.92 Å². The first-order chi connectivity index (χ1) is 13.5. The first-order valence-electron chi connectivity index (χ1n) is 9.63. The smallest absolute Gasteiger partial charge is 0.319 e. The molecule has 0 spiro atoms. The molecular formula is C21H25N5OS. The molecule has 2 aromatic heterocycles. The Kier molecular flexibility index (Phi) is 5.17. The van der Waals surface area contributed by atoms with E-state index in [1.807, 2.05) is 12.1 Å². The summed E-state index contributed by atoms with van der Waals surface area (Å²) >= 11 is 1.68. The molecule has 0 saturated carbocycles. The molecule has 146 valence electrons. The molecule has 1 saturated heterocycles. The quantitative estimate of drug-likeness (QED) is 0.681. The number of nitrogens with one attached hydrogen (secondary N) is 2. The molecule has 4 rings (SSSR count). The van der Waals surface area contributed by atoms with Crippen LogP contribution in [0.4, 0.5) is 16.3 Å². The topological polar surface area (TPSA) is 70.2 Å². The lowest BCUT2D eigenvalue weighted by Gasteiger charge is -2.18. The van der Waals surface area contributed by atoms with Gasteiger partial charge in [-0.15, -0.1) is 11.3 Å². The van der Waals surface area contributed by atoms with Crippen molar-refractivity contribution >= 4 is 39.1 Å². The second-order valence-corrected chi connectivity index (χ2v) is 8.81. The number of urea groups is 1. The summed E-state index contributed by atoms with van der Waals surface area (Å²) in [7, 11) is 0. The van der Waals surface area contributed by atoms with Gasteiger partial charge in [0, 0.05) is 29.7 Å². The second-order valence-electron chi connectivity index (χ2n) is 7.58. The summed E-state index contributed by atoms with van der Waals surface area (Å²) in [4.78, 5) is 25.7. The minimum Gasteiger partial charge on any atom is -0.354 e. The van der Waals surface area contributed by atoms with E-state index in [2.05, 4.69) is 64.5 Å². The zero-order chi connectivity index (χ0) is 19.7. The van der Waals surface area contributed by atoms with Crippen LogP contribution in [0.5, 0.6) is 0 Å². The Morgan fingerprint density at radius 1 is 1.25 bits per heavy atom. The summed E-state index contributed by atoms with van der Waals surface area (Å²) in [5, 5.41) is 7.11. The molecule has 1 unspecified atom stereocenters. The number of carbonyl (C=O) groups is 1. The van der Waals surface area contributed by atoms with E-state index in [9.17, 15) is 4.79 Å². The zero-order valence-corrected chi connectivity index (χ0v) is 17.2. The number of carbonyl (C=O) groups excluding carboxylic acids is 1. The van der Waals surface area contributed by atoms with Crippen molar-refractivity contribution in [2.45, 2.75) is 39.2 Å². The Hall–Kier alpha value is -2.67. The van der Waals surface area contributed by atoms with Crippen molar-refractivity contribution in [1.29, 1.82) is 0 Å². The molecule has 1 atom stereocenters. The van der Waals surface area contributed by atoms with Crippen molar-refractivity contribution < 1.29 is 4.79 Å². The third-order valence-electron chi connectivity index (χ3n) is 5.09. The molecule has 2 N–H and O–H groups in total. The summed E-state index contributed by atoms with van der Waals surface area (Å²) in [6.45, 7) is 8.02. The Balaban J connectivity index is 1.37. The monoisotopic (exact) mass is 395 g/mol. The van der Waals surface area contributed by atoms with Crippen LogP contribution in [-0.2, 0) is 0 Å². The van der Waals surface area contributed by atoms with E-state index in [0.717, 1.165) is 41.2 Å². The molecule has 0 radical (unpaired) electrons. The first-order valence-corrected chi connectivity index (χ1v) is 10.4. The lowest BCUT2D eigenvalue weighted by molar-refractivity contribution is 0.249. The van der Waals surface area contributed by atoms with Crippen LogP contribution in [-0.4, -0.2) is 35.1 Å². The molecule has 0 aliphatic carbocycles. The molecule has 7 heteroatoms. The van der Waals surface area contributed by atoms with Crippen LogP contribution in [0.2, 0.25) is 0 Å². The summed E-state index contributed by atoms with van der Waals surface area (Å²) in [5.41, 5.74) is 2.07. The summed E-state index contributed by atoms with van der Waals surface area (Å²) in [6.07, 6.45) is 2.52. The van der Waals surface area contributed by atoms with E-state index in [4.69, 9.17) is 0 Å². The van der Waals surface area contributed by atoms with E-state index >= 15 is 0 Å². The molecule has 28 heavy (non-hydrogen) atoms. The molecular weight excluding hydrogens is 370 g/mol. The van der Waals surface area contributed by atoms with Gasteiger partial charge in [-0.3, -0.25) is 0 Å². The number of amides is 2. The molecule has 3 heterocycles. The van der Waals surface area contributed by atoms with Gasteiger partial charge in [0.05, 0.1) is 5.39 Å². The predicted molar refractivity (Wildman–Crippen MR) is 115 cm³/mol. The number of hydrogen-bond donors (Lipinski definition) is 2. The van der Waals surface area contributed by atoms with Gasteiger partial charge in [0.15, 0.2) is 0 Å². The number of nitrogens with zero attached hydrogens (tertiary/aromatic N) is 3. The lowest BCUT2D eigenvalue weighted by atomic mass is 10.0. The Labute approximate surface area is 169 Å². The van der Waals surface area contributed by atoms with Gasteiger partial charge in [-0.2, -0.15) is 0 Å². The fourth-order valence-electron chi connectivity index (χ4n) is 3.59. The van der Waals surface area contributed by atoms with Crippen molar-refractivity contribution in [2.75, 3.05) is 23.3 Å². The second kappa shape index (κ2) is 7.75. The van der Waals surface area contributed by atoms with Crippen LogP contribution in [0.1, 0.15) is 36.6 Å². The van der Waals surface area contributed by atoms with Crippen LogP contribution in [0.3, 0.4) is 0 Å². The maximum Gasteiger partial charge on any atom is 0.319 e. The standard InChI is InChI=1S/C21H25N5OS/c1-13(2)15-4-6-16(7-5-15)24-21(27)25-17-8-9-26(11-17)19-18-10-14(3)28-20(18)23-12-22-19/h4-7,10,12-13,17H,8-9,11H2,1-3H3,(H2,24,25,27). The van der Waals surface area contributed by atoms with Gasteiger partial charge in [0.25, 0.3) is 0 Å². The van der Waals surface area contributed by atoms with Gasteiger partial charge in [0.2, 0.25) is 0 Å². The van der Waals surface area contributed by atoms with E-state index in [1.54, 1.807) is 17.7 Å². The molecule has 1 aromatic carbocycles. The highest BCUT2D eigenvalue weighted by molar-refractivity contribution is 7.18. The number of fused-ring (bicyclic) bond motifs is 1. The number of aryl methyl sites for hydroxylation is 1. The van der Waals surface area contributed by atoms with E-state index in [1.165, 1.54) is 10.4 Å². The highest BCUT2D eigenvalue weighted by atomic mass is 32.1. The van der Waals surface area contributed by atoms with E-state index < -0.39 is 0 Å². The first kappa shape index (κ1) is 18.7. The summed E-state index contributed by atoms with van der Waals surface area (Å²) < 4.78 is 0. The van der Waals surface area contributed by atoms with E-state index in [-0.39, 0.29) is 12.1 Å². The molecule has 1 fully saturated rings. The minimum atomic E-state index is -0.164. The SMILES string of the molecule is Cc1cc2c(N3CCC(NC(=O)Nc4ccc(C(C)C)cc4)C3)ncnc2s1. The molecule has 1 aliphatic heterocycles. The van der Waals surface area contributed by atoms with Crippen LogP contribution in [0, 0.1) is 6.92 Å². The minimum absolute atomic E-state index is 0.0969. The number of rotatable bonds is 4. The Bertz CT molecular complexity index is 982. The maximum atomic E-state index is 12.4. The normalized spacial score (nSPS) is 16.7. The largest absolute Gasteiger partial charge is 0.354 e. The number of anilines is 2. The highest BCUT2D eigenvalue weighted by Gasteiger charge is 2.26. The lowest BCUT2D eigenvalue weighted by Crippen LogP contribution is -2.39. The third-order valence-corrected chi connectivity index (χ3v) is 6.05. The van der Waals surface area contributed by atoms with Crippen molar-refractivity contribution in [1.82, 2.24) is 15.3 Å². The number of thiophene rings is 1. The van der Waals surface area contributed by atoms with Crippen LogP contribution in [0.15, 0.2) is 36.7 Å². The molecule has 3 aromatic rings. The van der Waals surface area contributed by atoms with Crippen molar-refractivity contribution in [3.05, 3.63) is 47.1 Å². The Morgan fingerprint density at radius 3 is 2.79 bits per heavy atom. The highest BCUT2D eigenvalue weighted by Crippen LogP contribution is 2.31. The average molecular weight is 396 g/mol. The summed E-state index contributed by atoms with van der Waals surface area (Å²) in [5.74, 6) is 1.44. The molecule has 2 amide bonds. The van der Waals surface area contributed by atoms with Crippen LogP contribution < -0.4 is 15.5 Å². The van der Waals surface area contributed by atoms with Gasteiger partial charge in [-0.25, -0.2) is 14.8 Å². The molecule has 6 nitrogen and oxygen atoms in total. The van der Waals surface area contributed by atoms with Crippen molar-refractivity contribution in [3.8, 4) is 0 Å². The van der Waals surface area contributed by atoms with Gasteiger partial charge in [-0.1, -0.05) is 26.0 Å². The van der Waals surface area contributed by atoms with Crippen molar-refractivity contribution in [2.24, 2.45) is 0 Å². The Morgan fingerprint density at radius 2 is 2.04 bits per heavy atom. The van der Waals surface area contributed by atoms with Gasteiger partial charge in [-0.05, 0) is 43.0 Å². The maximum absolute atomic E-state index is 12.4. The number of hydrogen-bond acceptors (Lipinski definition) is 5. The van der Waals surface area contributed by atoms with Crippen LogP contribution in [0.25, 0.3) is 10.2 Å². The average Bonchev–Trinajstić information content (AvgIpc) is 3.27. The fourth-order valence-corrected chi connectivity index (χ4v) is 4.43. The van der Waals surface area contributed by atoms with Crippen LogP contribution >= 0.6 is 11.3 Å². The molecule has 0 bridgehead atoms. The third kappa shape index (κ3) is 3.94. The molecule has 1 aliphatic rings. The van der Waals surface area contributed by atoms with Gasteiger partial charge >= 0.3 is 6.03 Å². The summed E-state index contributed by atoms with van der Waals surface area (Å²) in [6, 6.07) is 10.1. The number of aromatic nitrogens is 2. The fraction of sp³-hybridized carbons (Fsp3) is 0.381. The predicted octanol–water partition coefficient (Wildman–Crippen LogP) is 4.52. The van der Waals surface area contributed by atoms with Gasteiger partial charge < -0.3 is 15.5 Å². The zero-order valence-electron chi connectivity index (χ0n) is 16.4. The number of benzene rings is 1. The van der Waals surface area contributed by atoms with Gasteiger partial charge in [0.1, 0.15) is 17.0 Å².